The number of carbonyl (C=O) groups excluding carboxylic acids is 2. The molecule has 4 aromatic carbocycles. The molecule has 11 rings (SSSR count). The second kappa shape index (κ2) is 25.2. The van der Waals surface area contributed by atoms with E-state index >= 15 is 4.39 Å². The number of anilines is 2. The molecule has 440 valence electrons. The minimum atomic E-state index is -3.44. The van der Waals surface area contributed by atoms with Gasteiger partial charge < -0.3 is 47.3 Å². The van der Waals surface area contributed by atoms with Crippen molar-refractivity contribution in [1.29, 1.82) is 5.26 Å². The minimum absolute atomic E-state index is 0.119. The molecule has 0 aliphatic carbocycles. The smallest absolute Gasteiger partial charge is 0.497 e. The zero-order valence-corrected chi connectivity index (χ0v) is 47.6. The number of aromatic amines is 1. The maximum Gasteiger partial charge on any atom is 0.695 e. The number of imidazole rings is 2. The maximum absolute atomic E-state index is 16.9. The van der Waals surface area contributed by atoms with Gasteiger partial charge in [0, 0.05) is 16.0 Å². The Morgan fingerprint density at radius 2 is 1.53 bits per heavy atom. The molecule has 4 aromatic heterocycles. The van der Waals surface area contributed by atoms with Crippen LogP contribution >= 0.6 is 16.9 Å². The first-order valence-electron chi connectivity index (χ1n) is 26.6. The predicted molar refractivity (Wildman–Crippen MR) is 300 cm³/mol. The molecule has 3 saturated heterocycles. The zero-order valence-electron chi connectivity index (χ0n) is 45.8. The van der Waals surface area contributed by atoms with Crippen molar-refractivity contribution in [3.8, 4) is 17.6 Å². The largest absolute Gasteiger partial charge is 0.695 e. The van der Waals surface area contributed by atoms with Gasteiger partial charge in [0.25, 0.3) is 11.5 Å². The second-order valence-electron chi connectivity index (χ2n) is 20.0. The number of methoxy groups -OCH3 is 2. The van der Waals surface area contributed by atoms with E-state index in [1.165, 1.54) is 12.7 Å². The molecule has 2 amide bonds. The summed E-state index contributed by atoms with van der Waals surface area (Å²) in [5.74, 6) is -0.318. The Bertz CT molecular complexity index is 3760. The summed E-state index contributed by atoms with van der Waals surface area (Å²) in [4.78, 5) is 73.6. The van der Waals surface area contributed by atoms with E-state index in [1.807, 2.05) is 84.9 Å². The lowest BCUT2D eigenvalue weighted by atomic mass is 9.79. The third-order valence-electron chi connectivity index (χ3n) is 14.5. The van der Waals surface area contributed by atoms with Crippen LogP contribution in [0.4, 0.5) is 16.2 Å². The van der Waals surface area contributed by atoms with Crippen molar-refractivity contribution < 1.29 is 70.0 Å². The lowest BCUT2D eigenvalue weighted by Gasteiger charge is -2.40. The molecule has 3 aliphatic rings. The number of rotatable bonds is 24. The number of ether oxygens (including phenoxy) is 6. The van der Waals surface area contributed by atoms with Crippen molar-refractivity contribution in [3.05, 3.63) is 161 Å². The van der Waals surface area contributed by atoms with Crippen LogP contribution < -0.4 is 25.7 Å². The van der Waals surface area contributed by atoms with Gasteiger partial charge in [-0.1, -0.05) is 86.6 Å². The fourth-order valence-electron chi connectivity index (χ4n) is 10.3. The highest BCUT2D eigenvalue weighted by molar-refractivity contribution is 7.41. The van der Waals surface area contributed by atoms with Gasteiger partial charge in [-0.15, -0.1) is 9.42 Å². The highest BCUT2D eigenvalue weighted by atomic mass is 31.2. The van der Waals surface area contributed by atoms with Crippen molar-refractivity contribution >= 4 is 62.8 Å². The molecule has 2 unspecified atom stereocenters. The van der Waals surface area contributed by atoms with Crippen LogP contribution in [0.25, 0.3) is 22.3 Å². The van der Waals surface area contributed by atoms with E-state index in [9.17, 15) is 29.1 Å². The molecule has 2 bridgehead atoms. The maximum atomic E-state index is 16.9. The van der Waals surface area contributed by atoms with Crippen LogP contribution in [0.1, 0.15) is 59.8 Å². The first-order valence-corrected chi connectivity index (χ1v) is 28.8. The zero-order chi connectivity index (χ0) is 59.4. The number of hydrogen-bond donors (Lipinski definition) is 4. The Balaban J connectivity index is 0.950. The van der Waals surface area contributed by atoms with Crippen LogP contribution in [0.15, 0.2) is 133 Å². The Morgan fingerprint density at radius 1 is 0.882 bits per heavy atom. The lowest BCUT2D eigenvalue weighted by Crippen LogP contribution is -2.49. The summed E-state index contributed by atoms with van der Waals surface area (Å²) in [6, 6.07) is 35.0. The van der Waals surface area contributed by atoms with Gasteiger partial charge in [-0.25, -0.2) is 24.3 Å². The van der Waals surface area contributed by atoms with Gasteiger partial charge in [-0.05, 0) is 53.1 Å². The van der Waals surface area contributed by atoms with Gasteiger partial charge in [-0.2, -0.15) is 10.2 Å². The number of benzene rings is 4. The number of nitrogens with zero attached hydrogens (tertiary/aromatic N) is 8. The molecule has 85 heavy (non-hydrogen) atoms. The van der Waals surface area contributed by atoms with Gasteiger partial charge in [0.05, 0.1) is 65.8 Å². The van der Waals surface area contributed by atoms with E-state index in [0.29, 0.717) is 28.2 Å². The van der Waals surface area contributed by atoms with E-state index < -0.39 is 101 Å². The molecular formula is C56H55FN11O15P2+. The number of H-pyrrole nitrogens is 1. The molecule has 8 aromatic rings. The van der Waals surface area contributed by atoms with E-state index in [0.717, 1.165) is 16.5 Å². The number of aromatic nitrogens is 8. The number of carbonyl (C=O) groups is 2. The summed E-state index contributed by atoms with van der Waals surface area (Å²) in [5, 5.41) is 15.0. The molecule has 26 nitrogen and oxygen atoms in total. The molecule has 0 saturated carbocycles. The fourth-order valence-corrected chi connectivity index (χ4v) is 11.9. The Labute approximate surface area is 485 Å². The summed E-state index contributed by atoms with van der Waals surface area (Å²) >= 11 is 0. The molecule has 4 N–H and O–H groups in total. The molecule has 0 radical (unpaired) electrons. The van der Waals surface area contributed by atoms with Gasteiger partial charge in [0.2, 0.25) is 11.9 Å². The quantitative estimate of drug-likeness (QED) is 0.0261. The predicted octanol–water partition coefficient (Wildman–Crippen LogP) is 7.33. The van der Waals surface area contributed by atoms with Gasteiger partial charge in [-0.3, -0.25) is 33.8 Å². The number of amides is 2. The highest BCUT2D eigenvalue weighted by Gasteiger charge is 2.65. The average molecular weight is 1200 g/mol. The molecule has 3 aliphatic heterocycles. The number of fused-ring (bicyclic) bond motifs is 4. The van der Waals surface area contributed by atoms with E-state index in [4.69, 9.17) is 46.5 Å². The SMILES string of the molecule is COc1ccc(C(OC[C@@]23CO[C@@H]([C@H](n4cnc5c(NC(=O)c6ccccc6)ncnc54)O2)[C@@H]3OP(OCCC#N)OC[C@H]2O[C@@H](n3cnc4c(=O)[nH]c(NC(=O)C(C)C)nc43)[C@H](O[P+](=O)O)[C@H]2F)(c2ccccc2)c2ccc(OC)cc2)cc1. The number of halogens is 1. The monoisotopic (exact) mass is 1200 g/mol. The number of nitriles is 1. The molecule has 3 fully saturated rings. The van der Waals surface area contributed by atoms with E-state index in [-0.39, 0.29) is 60.3 Å². The Hall–Kier alpha value is -8.09. The van der Waals surface area contributed by atoms with Crippen molar-refractivity contribution in [2.45, 2.75) is 74.5 Å². The van der Waals surface area contributed by atoms with Crippen LogP contribution in [0.3, 0.4) is 0 Å². The van der Waals surface area contributed by atoms with Crippen LogP contribution in [0.2, 0.25) is 0 Å². The van der Waals surface area contributed by atoms with Crippen LogP contribution in [0, 0.1) is 17.2 Å². The molecule has 29 heteroatoms. The average Bonchev–Trinajstić information content (AvgIpc) is 1.68. The van der Waals surface area contributed by atoms with Crippen molar-refractivity contribution in [2.24, 2.45) is 5.92 Å². The van der Waals surface area contributed by atoms with Crippen LogP contribution in [-0.2, 0) is 52.0 Å². The van der Waals surface area contributed by atoms with Gasteiger partial charge >= 0.3 is 16.9 Å². The summed E-state index contributed by atoms with van der Waals surface area (Å²) in [7, 11) is -2.94. The fraction of sp³-hybridized carbons (Fsp3) is 0.339. The Kier molecular flexibility index (Phi) is 17.4. The molecule has 0 spiro atoms. The number of nitrogens with one attached hydrogen (secondary N) is 3. The number of hydrogen-bond acceptors (Lipinski definition) is 20. The third kappa shape index (κ3) is 11.7. The van der Waals surface area contributed by atoms with E-state index in [1.54, 1.807) is 63.0 Å². The number of alkyl halides is 1. The third-order valence-corrected chi connectivity index (χ3v) is 16.1. The standard InChI is InChI=1S/C56H54FN11O15P2/c1-32(2)49(69)65-54-64-48-42(51(71)66-54)62-31-68(48)52-43(82-84(72)73)40(57)39(80-52)26-79-85(78-25-11-24-58)83-45-44-53(67-30-61-41-46(59-29-60-47(41)67)63-50(70)33-12-7-5-8-13-33)81-55(45,27-76-44)28-77-56(34-14-9-6-10-15-34,35-16-20-37(74-3)21-17-35)36-18-22-38(75-4)23-19-36/h5-10,12-23,29-32,39-40,43-45,52-53H,11,25-28H2,1-4H3,(H3-,59,60,63,64,65,66,69,70,71,72,73)/p+1/t39-,40+,43-,44-,45+,52-,53-,55-,85?/m1/s1. The second-order valence-corrected chi connectivity index (χ2v) is 21.9. The molecule has 7 heterocycles. The van der Waals surface area contributed by atoms with Crippen molar-refractivity contribution in [1.82, 2.24) is 39.0 Å². The summed E-state index contributed by atoms with van der Waals surface area (Å²) in [6.07, 6.45) is -6.70. The topological polar surface area (TPSA) is 319 Å². The van der Waals surface area contributed by atoms with Crippen molar-refractivity contribution in [3.63, 3.8) is 0 Å². The summed E-state index contributed by atoms with van der Waals surface area (Å²) in [6.45, 7) is 2.00. The van der Waals surface area contributed by atoms with Crippen LogP contribution in [-0.4, -0.2) is 133 Å². The summed E-state index contributed by atoms with van der Waals surface area (Å²) < 4.78 is 95.2. The molecule has 10 atom stereocenters. The normalized spacial score (nSPS) is 22.4. The lowest BCUT2D eigenvalue weighted by molar-refractivity contribution is -0.202. The van der Waals surface area contributed by atoms with Gasteiger partial charge in [0.15, 0.2) is 52.9 Å². The highest BCUT2D eigenvalue weighted by Crippen LogP contribution is 2.55. The van der Waals surface area contributed by atoms with Gasteiger partial charge in [0.1, 0.15) is 47.3 Å². The summed E-state index contributed by atoms with van der Waals surface area (Å²) in [5.41, 5.74) is -1.11. The van der Waals surface area contributed by atoms with Crippen LogP contribution in [0.5, 0.6) is 11.5 Å². The Morgan fingerprint density at radius 3 is 2.18 bits per heavy atom. The van der Waals surface area contributed by atoms with E-state index in [2.05, 4.69) is 40.5 Å². The first-order chi connectivity index (χ1) is 41.2. The first kappa shape index (κ1) is 58.7. The van der Waals surface area contributed by atoms with Crippen molar-refractivity contribution in [2.75, 3.05) is 51.3 Å². The molecular weight excluding hydrogens is 1150 g/mol. The minimum Gasteiger partial charge on any atom is -0.497 e.